The Kier molecular flexibility index (Phi) is 3.84. The molecule has 1 aliphatic carbocycles. The van der Waals surface area contributed by atoms with E-state index >= 15 is 0 Å². The second kappa shape index (κ2) is 5.36. The van der Waals surface area contributed by atoms with Crippen molar-refractivity contribution in [2.75, 3.05) is 11.9 Å². The molecule has 15 heavy (non-hydrogen) atoms. The summed E-state index contributed by atoms with van der Waals surface area (Å²) in [7, 11) is 0. The van der Waals surface area contributed by atoms with Crippen LogP contribution in [0.1, 0.15) is 32.1 Å². The Balaban J connectivity index is 1.84. The molecule has 1 heterocycles. The second-order valence-electron chi connectivity index (χ2n) is 4.24. The van der Waals surface area contributed by atoms with Crippen LogP contribution in [-0.4, -0.2) is 11.5 Å². The van der Waals surface area contributed by atoms with Crippen molar-refractivity contribution in [1.82, 2.24) is 4.98 Å². The zero-order chi connectivity index (χ0) is 10.5. The number of pyridine rings is 1. The first-order valence-electron chi connectivity index (χ1n) is 5.69. The van der Waals surface area contributed by atoms with Crippen molar-refractivity contribution in [3.05, 3.63) is 23.5 Å². The first-order chi connectivity index (χ1) is 7.36. The van der Waals surface area contributed by atoms with Crippen molar-refractivity contribution in [1.29, 1.82) is 0 Å². The summed E-state index contributed by atoms with van der Waals surface area (Å²) in [6, 6.07) is 1.94. The van der Waals surface area contributed by atoms with Crippen LogP contribution in [0, 0.1) is 5.92 Å². The molecular weight excluding hydrogens is 208 g/mol. The zero-order valence-corrected chi connectivity index (χ0v) is 9.63. The molecule has 1 aromatic rings. The van der Waals surface area contributed by atoms with Crippen molar-refractivity contribution in [3.8, 4) is 0 Å². The Morgan fingerprint density at radius 2 is 2.13 bits per heavy atom. The van der Waals surface area contributed by atoms with Gasteiger partial charge in [-0.3, -0.25) is 4.98 Å². The maximum atomic E-state index is 6.02. The number of anilines is 1. The minimum Gasteiger partial charge on any atom is -0.383 e. The molecule has 2 nitrogen and oxygen atoms in total. The topological polar surface area (TPSA) is 24.9 Å². The molecule has 0 atom stereocenters. The van der Waals surface area contributed by atoms with Gasteiger partial charge in [0.15, 0.2) is 0 Å². The van der Waals surface area contributed by atoms with Gasteiger partial charge in [-0.2, -0.15) is 0 Å². The molecule has 0 amide bonds. The predicted octanol–water partition coefficient (Wildman–Crippen LogP) is 3.73. The highest BCUT2D eigenvalue weighted by molar-refractivity contribution is 6.33. The highest BCUT2D eigenvalue weighted by Gasteiger charge is 2.13. The standard InChI is InChI=1S/C12H17ClN2/c13-11-9-14-7-6-12(11)15-8-10-4-2-1-3-5-10/h6-7,9-10H,1-5,8H2,(H,14,15). The van der Waals surface area contributed by atoms with E-state index in [1.807, 2.05) is 6.07 Å². The van der Waals surface area contributed by atoms with E-state index in [9.17, 15) is 0 Å². The van der Waals surface area contributed by atoms with E-state index in [1.54, 1.807) is 12.4 Å². The molecule has 1 aliphatic rings. The lowest BCUT2D eigenvalue weighted by molar-refractivity contribution is 0.373. The quantitative estimate of drug-likeness (QED) is 0.847. The average Bonchev–Trinajstić information content (AvgIpc) is 2.29. The summed E-state index contributed by atoms with van der Waals surface area (Å²) >= 11 is 6.02. The number of halogens is 1. The molecular formula is C12H17ClN2. The van der Waals surface area contributed by atoms with Gasteiger partial charge in [0.05, 0.1) is 10.7 Å². The lowest BCUT2D eigenvalue weighted by atomic mass is 9.89. The van der Waals surface area contributed by atoms with Gasteiger partial charge in [-0.25, -0.2) is 0 Å². The van der Waals surface area contributed by atoms with Gasteiger partial charge in [0.25, 0.3) is 0 Å². The molecule has 0 saturated heterocycles. The largest absolute Gasteiger partial charge is 0.383 e. The second-order valence-corrected chi connectivity index (χ2v) is 4.65. The van der Waals surface area contributed by atoms with Crippen LogP contribution >= 0.6 is 11.6 Å². The van der Waals surface area contributed by atoms with Crippen molar-refractivity contribution in [3.63, 3.8) is 0 Å². The third-order valence-electron chi connectivity index (χ3n) is 3.08. The smallest absolute Gasteiger partial charge is 0.0820 e. The van der Waals surface area contributed by atoms with Crippen LogP contribution in [0.3, 0.4) is 0 Å². The predicted molar refractivity (Wildman–Crippen MR) is 64.3 cm³/mol. The van der Waals surface area contributed by atoms with E-state index in [0.717, 1.165) is 18.2 Å². The van der Waals surface area contributed by atoms with E-state index < -0.39 is 0 Å². The fourth-order valence-corrected chi connectivity index (χ4v) is 2.35. The maximum absolute atomic E-state index is 6.02. The molecule has 1 fully saturated rings. The van der Waals surface area contributed by atoms with Crippen LogP contribution in [0.2, 0.25) is 5.02 Å². The number of hydrogen-bond donors (Lipinski definition) is 1. The first kappa shape index (κ1) is 10.7. The van der Waals surface area contributed by atoms with Gasteiger partial charge in [-0.05, 0) is 24.8 Å². The van der Waals surface area contributed by atoms with Gasteiger partial charge in [0.2, 0.25) is 0 Å². The Bertz CT molecular complexity index is 308. The lowest BCUT2D eigenvalue weighted by Gasteiger charge is -2.22. The molecule has 0 aromatic carbocycles. The van der Waals surface area contributed by atoms with E-state index in [2.05, 4.69) is 10.3 Å². The van der Waals surface area contributed by atoms with E-state index in [-0.39, 0.29) is 0 Å². The summed E-state index contributed by atoms with van der Waals surface area (Å²) in [5.41, 5.74) is 1.01. The number of rotatable bonds is 3. The van der Waals surface area contributed by atoms with Gasteiger partial charge in [0.1, 0.15) is 0 Å². The minimum absolute atomic E-state index is 0.716. The molecule has 1 N–H and O–H groups in total. The van der Waals surface area contributed by atoms with Crippen LogP contribution in [0.5, 0.6) is 0 Å². The number of aromatic nitrogens is 1. The number of nitrogens with one attached hydrogen (secondary N) is 1. The van der Waals surface area contributed by atoms with E-state index in [1.165, 1.54) is 32.1 Å². The number of nitrogens with zero attached hydrogens (tertiary/aromatic N) is 1. The summed E-state index contributed by atoms with van der Waals surface area (Å²) in [5.74, 6) is 0.822. The Labute approximate surface area is 96.1 Å². The fourth-order valence-electron chi connectivity index (χ4n) is 2.16. The normalized spacial score (nSPS) is 17.7. The summed E-state index contributed by atoms with van der Waals surface area (Å²) < 4.78 is 0. The molecule has 3 heteroatoms. The molecule has 0 spiro atoms. The van der Waals surface area contributed by atoms with E-state index in [4.69, 9.17) is 11.6 Å². The Morgan fingerprint density at radius 3 is 2.87 bits per heavy atom. The Morgan fingerprint density at radius 1 is 1.33 bits per heavy atom. The van der Waals surface area contributed by atoms with Gasteiger partial charge in [-0.1, -0.05) is 30.9 Å². The maximum Gasteiger partial charge on any atom is 0.0820 e. The molecule has 0 bridgehead atoms. The molecule has 2 rings (SSSR count). The molecule has 0 radical (unpaired) electrons. The van der Waals surface area contributed by atoms with Crippen LogP contribution in [-0.2, 0) is 0 Å². The van der Waals surface area contributed by atoms with Crippen LogP contribution in [0.15, 0.2) is 18.5 Å². The number of hydrogen-bond acceptors (Lipinski definition) is 2. The molecule has 0 aliphatic heterocycles. The third-order valence-corrected chi connectivity index (χ3v) is 3.38. The SMILES string of the molecule is Clc1cnccc1NCC1CCCCC1. The van der Waals surface area contributed by atoms with Crippen LogP contribution in [0.25, 0.3) is 0 Å². The molecule has 1 aromatic heterocycles. The summed E-state index contributed by atoms with van der Waals surface area (Å²) in [4.78, 5) is 3.97. The molecule has 1 saturated carbocycles. The third kappa shape index (κ3) is 3.10. The summed E-state index contributed by atoms with van der Waals surface area (Å²) in [5, 5.41) is 4.13. The van der Waals surface area contributed by atoms with Gasteiger partial charge >= 0.3 is 0 Å². The van der Waals surface area contributed by atoms with Crippen molar-refractivity contribution >= 4 is 17.3 Å². The first-order valence-corrected chi connectivity index (χ1v) is 6.07. The van der Waals surface area contributed by atoms with Gasteiger partial charge in [-0.15, -0.1) is 0 Å². The lowest BCUT2D eigenvalue weighted by Crippen LogP contribution is -2.17. The molecule has 0 unspecified atom stereocenters. The Hall–Kier alpha value is -0.760. The van der Waals surface area contributed by atoms with Crippen LogP contribution < -0.4 is 5.32 Å². The van der Waals surface area contributed by atoms with Crippen molar-refractivity contribution in [2.24, 2.45) is 5.92 Å². The monoisotopic (exact) mass is 224 g/mol. The zero-order valence-electron chi connectivity index (χ0n) is 8.88. The van der Waals surface area contributed by atoms with Gasteiger partial charge in [0, 0.05) is 18.9 Å². The summed E-state index contributed by atoms with van der Waals surface area (Å²) in [6.07, 6.45) is 10.4. The highest BCUT2D eigenvalue weighted by atomic mass is 35.5. The van der Waals surface area contributed by atoms with Crippen molar-refractivity contribution < 1.29 is 0 Å². The molecule has 82 valence electrons. The van der Waals surface area contributed by atoms with E-state index in [0.29, 0.717) is 5.02 Å². The van der Waals surface area contributed by atoms with Gasteiger partial charge < -0.3 is 5.32 Å². The summed E-state index contributed by atoms with van der Waals surface area (Å²) in [6.45, 7) is 1.05. The van der Waals surface area contributed by atoms with Crippen LogP contribution in [0.4, 0.5) is 5.69 Å². The minimum atomic E-state index is 0.716. The highest BCUT2D eigenvalue weighted by Crippen LogP contribution is 2.25. The average molecular weight is 225 g/mol. The fraction of sp³-hybridized carbons (Fsp3) is 0.583. The van der Waals surface area contributed by atoms with Crippen molar-refractivity contribution in [2.45, 2.75) is 32.1 Å².